The second-order valence-electron chi connectivity index (χ2n) is 13.1. The monoisotopic (exact) mass is 549 g/mol. The van der Waals surface area contributed by atoms with E-state index in [0.29, 0.717) is 42.5 Å². The van der Waals surface area contributed by atoms with Crippen molar-refractivity contribution in [3.63, 3.8) is 0 Å². The Labute approximate surface area is 237 Å². The Balaban J connectivity index is 1.20. The molecule has 2 aliphatic carbocycles. The summed E-state index contributed by atoms with van der Waals surface area (Å²) in [5.41, 5.74) is 2.48. The minimum Gasteiger partial charge on any atom is -0.508 e. The van der Waals surface area contributed by atoms with E-state index in [9.17, 15) is 19.8 Å². The Morgan fingerprint density at radius 3 is 2.42 bits per heavy atom. The van der Waals surface area contributed by atoms with Gasteiger partial charge in [-0.3, -0.25) is 9.59 Å². The van der Waals surface area contributed by atoms with Gasteiger partial charge in [0.25, 0.3) is 5.91 Å². The minimum atomic E-state index is -0.769. The Hall–Kier alpha value is -3.29. The fourth-order valence-electron chi connectivity index (χ4n) is 5.90. The SMILES string of the molecule is CC(C)(C)CN(C(=O)c1ccc(O)cc1N1CCC(COc2cc(C(CC(=O)O)C3CC3)ccn2)CC1)C1CC1. The van der Waals surface area contributed by atoms with Crippen molar-refractivity contribution in [2.24, 2.45) is 17.3 Å². The lowest BCUT2D eigenvalue weighted by Gasteiger charge is -2.36. The number of phenols is 1. The number of carbonyl (C=O) groups excluding carboxylic acids is 1. The topological polar surface area (TPSA) is 103 Å². The molecule has 1 aromatic carbocycles. The fraction of sp³-hybridized carbons (Fsp3) is 0.594. The molecule has 0 spiro atoms. The van der Waals surface area contributed by atoms with Crippen molar-refractivity contribution in [1.82, 2.24) is 9.88 Å². The first-order valence-corrected chi connectivity index (χ1v) is 14.8. The van der Waals surface area contributed by atoms with Crippen LogP contribution in [-0.2, 0) is 4.79 Å². The normalized spacial score (nSPS) is 18.8. The van der Waals surface area contributed by atoms with Crippen LogP contribution in [0.3, 0.4) is 0 Å². The number of hydrogen-bond acceptors (Lipinski definition) is 6. The number of rotatable bonds is 11. The Kier molecular flexibility index (Phi) is 8.24. The number of hydrogen-bond donors (Lipinski definition) is 2. The predicted molar refractivity (Wildman–Crippen MR) is 154 cm³/mol. The number of amides is 1. The number of carbonyl (C=O) groups is 2. The van der Waals surface area contributed by atoms with E-state index in [1.165, 1.54) is 0 Å². The third-order valence-corrected chi connectivity index (χ3v) is 8.30. The largest absolute Gasteiger partial charge is 0.508 e. The quantitative estimate of drug-likeness (QED) is 0.371. The Bertz CT molecular complexity index is 1210. The van der Waals surface area contributed by atoms with Crippen LogP contribution < -0.4 is 9.64 Å². The zero-order valence-electron chi connectivity index (χ0n) is 24.0. The summed E-state index contributed by atoms with van der Waals surface area (Å²) in [6, 6.07) is 9.26. The van der Waals surface area contributed by atoms with Gasteiger partial charge in [0.1, 0.15) is 5.75 Å². The van der Waals surface area contributed by atoms with E-state index in [0.717, 1.165) is 62.9 Å². The number of pyridine rings is 1. The highest BCUT2D eigenvalue weighted by Crippen LogP contribution is 2.45. The Morgan fingerprint density at radius 2 is 1.80 bits per heavy atom. The maximum Gasteiger partial charge on any atom is 0.303 e. The summed E-state index contributed by atoms with van der Waals surface area (Å²) in [5.74, 6) is 0.810. The number of phenolic OH excluding ortho intramolecular Hbond substituents is 1. The second-order valence-corrected chi connectivity index (χ2v) is 13.1. The van der Waals surface area contributed by atoms with Crippen molar-refractivity contribution in [3.8, 4) is 11.6 Å². The van der Waals surface area contributed by atoms with Gasteiger partial charge in [0.15, 0.2) is 0 Å². The van der Waals surface area contributed by atoms with Crippen LogP contribution in [0.2, 0.25) is 0 Å². The van der Waals surface area contributed by atoms with E-state index < -0.39 is 5.97 Å². The molecule has 2 heterocycles. The van der Waals surface area contributed by atoms with E-state index in [4.69, 9.17) is 4.74 Å². The smallest absolute Gasteiger partial charge is 0.303 e. The zero-order valence-corrected chi connectivity index (χ0v) is 24.0. The zero-order chi connectivity index (χ0) is 28.4. The average Bonchev–Trinajstić information content (AvgIpc) is 3.83. The fourth-order valence-corrected chi connectivity index (χ4v) is 5.90. The number of aromatic hydroxyl groups is 1. The van der Waals surface area contributed by atoms with Crippen LogP contribution in [0.15, 0.2) is 36.5 Å². The molecule has 1 atom stereocenters. The molecule has 1 amide bonds. The molecule has 5 rings (SSSR count). The highest BCUT2D eigenvalue weighted by molar-refractivity contribution is 6.00. The molecule has 2 N–H and O–H groups in total. The number of carboxylic acid groups (broad SMARTS) is 1. The molecule has 2 aromatic rings. The van der Waals surface area contributed by atoms with Crippen molar-refractivity contribution < 1.29 is 24.5 Å². The van der Waals surface area contributed by atoms with E-state index in [-0.39, 0.29) is 29.4 Å². The van der Waals surface area contributed by atoms with Gasteiger partial charge in [0.2, 0.25) is 5.88 Å². The van der Waals surface area contributed by atoms with Crippen LogP contribution in [0.5, 0.6) is 11.6 Å². The number of piperidine rings is 1. The number of anilines is 1. The minimum absolute atomic E-state index is 0.0110. The van der Waals surface area contributed by atoms with Crippen LogP contribution in [0.1, 0.15) is 87.6 Å². The van der Waals surface area contributed by atoms with Gasteiger partial charge in [-0.25, -0.2) is 4.98 Å². The summed E-state index contributed by atoms with van der Waals surface area (Å²) in [6.07, 6.45) is 7.93. The standard InChI is InChI=1S/C32H43N3O5/c1-32(2,3)20-35(24-6-7-24)31(39)26-9-8-25(36)17-28(26)34-14-11-21(12-15-34)19-40-29-16-23(10-13-33-29)27(18-30(37)38)22-4-5-22/h8-10,13,16-17,21-22,24,27,36H,4-7,11-12,14-15,18-20H2,1-3H3,(H,37,38). The number of ether oxygens (including phenoxy) is 1. The van der Waals surface area contributed by atoms with Gasteiger partial charge in [-0.1, -0.05) is 20.8 Å². The Morgan fingerprint density at radius 1 is 1.07 bits per heavy atom. The predicted octanol–water partition coefficient (Wildman–Crippen LogP) is 5.70. The van der Waals surface area contributed by atoms with Crippen LogP contribution in [0, 0.1) is 17.3 Å². The van der Waals surface area contributed by atoms with Crippen molar-refractivity contribution in [3.05, 3.63) is 47.7 Å². The average molecular weight is 550 g/mol. The number of aromatic nitrogens is 1. The molecule has 3 aliphatic rings. The summed E-state index contributed by atoms with van der Waals surface area (Å²) in [5, 5.41) is 19.6. The lowest BCUT2D eigenvalue weighted by Crippen LogP contribution is -2.41. The lowest BCUT2D eigenvalue weighted by molar-refractivity contribution is -0.137. The first-order chi connectivity index (χ1) is 19.1. The van der Waals surface area contributed by atoms with Gasteiger partial charge >= 0.3 is 5.97 Å². The first-order valence-electron chi connectivity index (χ1n) is 14.8. The van der Waals surface area contributed by atoms with Gasteiger partial charge in [-0.15, -0.1) is 0 Å². The van der Waals surface area contributed by atoms with Crippen LogP contribution in [0.25, 0.3) is 0 Å². The van der Waals surface area contributed by atoms with Gasteiger partial charge in [0, 0.05) is 44.0 Å². The molecular formula is C32H43N3O5. The molecule has 1 aromatic heterocycles. The third-order valence-electron chi connectivity index (χ3n) is 8.30. The van der Waals surface area contributed by atoms with Gasteiger partial charge in [-0.05, 0) is 85.5 Å². The third kappa shape index (κ3) is 7.26. The number of benzene rings is 1. The number of nitrogens with zero attached hydrogens (tertiary/aromatic N) is 3. The number of aliphatic carboxylic acids is 1. The molecule has 0 bridgehead atoms. The molecule has 1 unspecified atom stereocenters. The molecule has 1 aliphatic heterocycles. The lowest BCUT2D eigenvalue weighted by atomic mass is 9.92. The maximum absolute atomic E-state index is 13.7. The summed E-state index contributed by atoms with van der Waals surface area (Å²) in [7, 11) is 0. The summed E-state index contributed by atoms with van der Waals surface area (Å²) in [6.45, 7) is 9.29. The molecule has 2 saturated carbocycles. The van der Waals surface area contributed by atoms with Crippen LogP contribution >= 0.6 is 0 Å². The molecule has 0 radical (unpaired) electrons. The van der Waals surface area contributed by atoms with E-state index in [1.807, 2.05) is 17.0 Å². The van der Waals surface area contributed by atoms with E-state index >= 15 is 0 Å². The molecule has 40 heavy (non-hydrogen) atoms. The van der Waals surface area contributed by atoms with Crippen molar-refractivity contribution in [2.75, 3.05) is 31.1 Å². The van der Waals surface area contributed by atoms with Crippen LogP contribution in [0.4, 0.5) is 5.69 Å². The molecule has 1 saturated heterocycles. The first kappa shape index (κ1) is 28.2. The van der Waals surface area contributed by atoms with Gasteiger partial charge in [0.05, 0.1) is 24.3 Å². The molecule has 3 fully saturated rings. The summed E-state index contributed by atoms with van der Waals surface area (Å²) in [4.78, 5) is 33.7. The van der Waals surface area contributed by atoms with E-state index in [2.05, 4.69) is 30.7 Å². The van der Waals surface area contributed by atoms with E-state index in [1.54, 1.807) is 24.4 Å². The van der Waals surface area contributed by atoms with Crippen LogP contribution in [-0.4, -0.2) is 64.3 Å². The molecule has 216 valence electrons. The molecular weight excluding hydrogens is 506 g/mol. The summed E-state index contributed by atoms with van der Waals surface area (Å²) < 4.78 is 6.10. The van der Waals surface area contributed by atoms with Gasteiger partial charge in [-0.2, -0.15) is 0 Å². The van der Waals surface area contributed by atoms with Crippen molar-refractivity contribution in [1.29, 1.82) is 0 Å². The van der Waals surface area contributed by atoms with Crippen molar-refractivity contribution >= 4 is 17.6 Å². The second kappa shape index (κ2) is 11.7. The van der Waals surface area contributed by atoms with Gasteiger partial charge < -0.3 is 24.7 Å². The molecule has 8 heteroatoms. The highest BCUT2D eigenvalue weighted by Gasteiger charge is 2.37. The summed E-state index contributed by atoms with van der Waals surface area (Å²) >= 11 is 0. The molecule has 8 nitrogen and oxygen atoms in total. The number of carboxylic acids is 1. The highest BCUT2D eigenvalue weighted by atomic mass is 16.5. The van der Waals surface area contributed by atoms with Crippen molar-refractivity contribution in [2.45, 2.75) is 77.7 Å². The maximum atomic E-state index is 13.7.